The fourth-order valence-corrected chi connectivity index (χ4v) is 1.17. The molecule has 0 bridgehead atoms. The third-order valence-electron chi connectivity index (χ3n) is 1.84. The van der Waals surface area contributed by atoms with Crippen molar-refractivity contribution in [1.82, 2.24) is 0 Å². The highest BCUT2D eigenvalue weighted by molar-refractivity contribution is 4.87. The van der Waals surface area contributed by atoms with Crippen molar-refractivity contribution >= 4 is 0 Å². The van der Waals surface area contributed by atoms with E-state index in [1.54, 1.807) is 0 Å². The number of hydrogen-bond donors (Lipinski definition) is 4. The van der Waals surface area contributed by atoms with Gasteiger partial charge < -0.3 is 25.2 Å². The van der Waals surface area contributed by atoms with Crippen molar-refractivity contribution in [3.05, 3.63) is 0 Å². The summed E-state index contributed by atoms with van der Waals surface area (Å²) in [5.74, 6) is -2.03. The molecule has 0 aliphatic carbocycles. The molecule has 0 aromatic heterocycles. The van der Waals surface area contributed by atoms with Crippen molar-refractivity contribution in [2.45, 2.75) is 24.4 Å². The number of aliphatic hydroxyl groups is 4. The molecule has 3 unspecified atom stereocenters. The van der Waals surface area contributed by atoms with E-state index >= 15 is 0 Å². The number of ether oxygens (including phenoxy) is 1. The van der Waals surface area contributed by atoms with Crippen molar-refractivity contribution < 1.29 is 34.6 Å². The predicted molar refractivity (Wildman–Crippen MR) is 42.7 cm³/mol. The average molecular weight is 214 g/mol. The van der Waals surface area contributed by atoms with Crippen LogP contribution >= 0.6 is 0 Å². The van der Waals surface area contributed by atoms with Gasteiger partial charge in [-0.2, -0.15) is 4.94 Å². The van der Waals surface area contributed by atoms with Crippen LogP contribution in [0.3, 0.4) is 0 Å². The number of hydrogen-bond acceptors (Lipinski definition) is 6. The molecule has 4 N–H and O–H groups in total. The molecule has 0 aromatic rings. The summed E-state index contributed by atoms with van der Waals surface area (Å²) >= 11 is 0. The molecular formula is C7H15FO6. The SMILES string of the molecule is CO.OCC1CC(O)C(O)(COF)O1. The molecule has 0 amide bonds. The first-order valence-corrected chi connectivity index (χ1v) is 4.00. The Hall–Kier alpha value is -0.310. The molecule has 0 spiro atoms. The molecule has 86 valence electrons. The van der Waals surface area contributed by atoms with Gasteiger partial charge in [-0.05, 0) is 4.53 Å². The maximum Gasteiger partial charge on any atom is 0.220 e. The van der Waals surface area contributed by atoms with Crippen molar-refractivity contribution in [3.63, 3.8) is 0 Å². The van der Waals surface area contributed by atoms with Crippen LogP contribution in [0.15, 0.2) is 0 Å². The summed E-state index contributed by atoms with van der Waals surface area (Å²) in [7, 11) is 1.00. The summed E-state index contributed by atoms with van der Waals surface area (Å²) < 4.78 is 16.1. The third-order valence-corrected chi connectivity index (χ3v) is 1.84. The molecular weight excluding hydrogens is 199 g/mol. The lowest BCUT2D eigenvalue weighted by Crippen LogP contribution is -2.43. The van der Waals surface area contributed by atoms with Crippen molar-refractivity contribution in [1.29, 1.82) is 0 Å². The van der Waals surface area contributed by atoms with E-state index in [4.69, 9.17) is 20.1 Å². The highest BCUT2D eigenvalue weighted by Crippen LogP contribution is 2.28. The molecule has 1 aliphatic rings. The van der Waals surface area contributed by atoms with E-state index in [0.29, 0.717) is 0 Å². The molecule has 1 rings (SSSR count). The van der Waals surface area contributed by atoms with Crippen LogP contribution in [0.2, 0.25) is 0 Å². The summed E-state index contributed by atoms with van der Waals surface area (Å²) in [6.45, 7) is -1.09. The minimum Gasteiger partial charge on any atom is -0.400 e. The van der Waals surface area contributed by atoms with Crippen LogP contribution in [0, 0.1) is 0 Å². The summed E-state index contributed by atoms with van der Waals surface area (Å²) in [4.78, 5) is 3.18. The molecule has 1 fully saturated rings. The molecule has 1 saturated heterocycles. The van der Waals surface area contributed by atoms with E-state index in [-0.39, 0.29) is 13.0 Å². The molecule has 3 atom stereocenters. The summed E-state index contributed by atoms with van der Waals surface area (Å²) in [5, 5.41) is 34.1. The Balaban J connectivity index is 0.000000791. The van der Waals surface area contributed by atoms with Gasteiger partial charge in [-0.25, -0.2) is 0 Å². The second-order valence-corrected chi connectivity index (χ2v) is 2.77. The largest absolute Gasteiger partial charge is 0.400 e. The summed E-state index contributed by atoms with van der Waals surface area (Å²) in [6, 6.07) is 0. The van der Waals surface area contributed by atoms with E-state index in [1.807, 2.05) is 0 Å². The fourth-order valence-electron chi connectivity index (χ4n) is 1.17. The minimum absolute atomic E-state index is 0.0658. The monoisotopic (exact) mass is 214 g/mol. The smallest absolute Gasteiger partial charge is 0.220 e. The van der Waals surface area contributed by atoms with Gasteiger partial charge in [0.2, 0.25) is 5.79 Å². The Bertz CT molecular complexity index is 157. The van der Waals surface area contributed by atoms with Crippen LogP contribution in [0.25, 0.3) is 0 Å². The Morgan fingerprint density at radius 2 is 2.14 bits per heavy atom. The summed E-state index contributed by atoms with van der Waals surface area (Å²) in [5.41, 5.74) is 0. The zero-order valence-electron chi connectivity index (χ0n) is 7.76. The predicted octanol–water partition coefficient (Wildman–Crippen LogP) is -1.67. The van der Waals surface area contributed by atoms with Crippen LogP contribution in [-0.4, -0.2) is 58.7 Å². The average Bonchev–Trinajstić information content (AvgIpc) is 2.47. The van der Waals surface area contributed by atoms with E-state index < -0.39 is 24.6 Å². The minimum atomic E-state index is -2.03. The number of rotatable bonds is 3. The molecule has 6 nitrogen and oxygen atoms in total. The topological polar surface area (TPSA) is 99.4 Å². The van der Waals surface area contributed by atoms with Crippen LogP contribution in [0.4, 0.5) is 4.53 Å². The van der Waals surface area contributed by atoms with Crippen molar-refractivity contribution in [2.75, 3.05) is 20.3 Å². The molecule has 7 heteroatoms. The lowest BCUT2D eigenvalue weighted by atomic mass is 10.1. The van der Waals surface area contributed by atoms with Gasteiger partial charge in [0.15, 0.2) is 0 Å². The quantitative estimate of drug-likeness (QED) is 0.448. The van der Waals surface area contributed by atoms with Crippen LogP contribution in [0.1, 0.15) is 6.42 Å². The van der Waals surface area contributed by atoms with Gasteiger partial charge in [0, 0.05) is 13.5 Å². The highest BCUT2D eigenvalue weighted by atomic mass is 19.3. The molecule has 0 aromatic carbocycles. The van der Waals surface area contributed by atoms with Gasteiger partial charge >= 0.3 is 0 Å². The van der Waals surface area contributed by atoms with Crippen LogP contribution in [0.5, 0.6) is 0 Å². The Morgan fingerprint density at radius 3 is 2.50 bits per heavy atom. The van der Waals surface area contributed by atoms with Crippen LogP contribution < -0.4 is 0 Å². The maximum absolute atomic E-state index is 11.4. The van der Waals surface area contributed by atoms with Crippen molar-refractivity contribution in [3.8, 4) is 0 Å². The lowest BCUT2D eigenvalue weighted by molar-refractivity contribution is -0.293. The first-order chi connectivity index (χ1) is 6.62. The second kappa shape index (κ2) is 6.23. The summed E-state index contributed by atoms with van der Waals surface area (Å²) in [6.07, 6.45) is -1.83. The normalized spacial score (nSPS) is 36.4. The van der Waals surface area contributed by atoms with Gasteiger partial charge in [-0.3, -0.25) is 0 Å². The first kappa shape index (κ1) is 13.7. The zero-order valence-corrected chi connectivity index (χ0v) is 7.76. The number of halogens is 1. The first-order valence-electron chi connectivity index (χ1n) is 4.00. The Kier molecular flexibility index (Phi) is 6.09. The molecule has 0 radical (unpaired) electrons. The van der Waals surface area contributed by atoms with Gasteiger partial charge in [-0.1, -0.05) is 0 Å². The third kappa shape index (κ3) is 3.12. The van der Waals surface area contributed by atoms with Gasteiger partial charge in [0.25, 0.3) is 0 Å². The number of aliphatic hydroxyl groups excluding tert-OH is 3. The fraction of sp³-hybridized carbons (Fsp3) is 1.00. The highest BCUT2D eigenvalue weighted by Gasteiger charge is 2.47. The van der Waals surface area contributed by atoms with E-state index in [2.05, 4.69) is 4.94 Å². The van der Waals surface area contributed by atoms with E-state index in [0.717, 1.165) is 7.11 Å². The van der Waals surface area contributed by atoms with Gasteiger partial charge in [0.05, 0.1) is 12.7 Å². The Morgan fingerprint density at radius 1 is 1.57 bits per heavy atom. The molecule has 1 heterocycles. The van der Waals surface area contributed by atoms with Crippen molar-refractivity contribution in [2.24, 2.45) is 0 Å². The van der Waals surface area contributed by atoms with Gasteiger partial charge in [-0.15, -0.1) is 0 Å². The lowest BCUT2D eigenvalue weighted by Gasteiger charge is -2.23. The zero-order chi connectivity index (χ0) is 11.2. The van der Waals surface area contributed by atoms with Gasteiger partial charge in [0.1, 0.15) is 12.7 Å². The molecule has 1 aliphatic heterocycles. The second-order valence-electron chi connectivity index (χ2n) is 2.77. The van der Waals surface area contributed by atoms with E-state index in [9.17, 15) is 9.63 Å². The Labute approximate surface area is 80.4 Å². The maximum atomic E-state index is 11.4. The van der Waals surface area contributed by atoms with Crippen LogP contribution in [-0.2, 0) is 9.68 Å². The molecule has 0 saturated carbocycles. The standard InChI is InChI=1S/C6H11FO5.CH4O/c7-11-3-6(10)5(9)1-4(2-8)12-6;1-2/h4-5,8-10H,1-3H2;2H,1H3. The van der Waals surface area contributed by atoms with E-state index in [1.165, 1.54) is 0 Å². The molecule has 14 heavy (non-hydrogen) atoms.